The molecule has 0 radical (unpaired) electrons. The molecule has 2 atom stereocenters. The van der Waals surface area contributed by atoms with Crippen molar-refractivity contribution in [3.63, 3.8) is 0 Å². The summed E-state index contributed by atoms with van der Waals surface area (Å²) in [4.78, 5) is 11.1. The van der Waals surface area contributed by atoms with Gasteiger partial charge in [-0.3, -0.25) is 4.79 Å². The minimum Gasteiger partial charge on any atom is -0.369 e. The predicted molar refractivity (Wildman–Crippen MR) is 66.3 cm³/mol. The molecule has 0 spiro atoms. The van der Waals surface area contributed by atoms with Gasteiger partial charge in [0.25, 0.3) is 0 Å². The van der Waals surface area contributed by atoms with Crippen molar-refractivity contribution in [2.75, 3.05) is 0 Å². The minimum absolute atomic E-state index is 0.186. The van der Waals surface area contributed by atoms with E-state index in [0.717, 1.165) is 12.1 Å². The highest BCUT2D eigenvalue weighted by Crippen LogP contribution is 2.65. The smallest absolute Gasteiger partial charge is 0.369 e. The van der Waals surface area contributed by atoms with Crippen molar-refractivity contribution in [2.24, 2.45) is 11.7 Å². The van der Waals surface area contributed by atoms with Gasteiger partial charge in [0.15, 0.2) is 0 Å². The number of nitrogens with two attached hydrogens (primary N) is 1. The highest BCUT2D eigenvalue weighted by molar-refractivity contribution is 6.53. The van der Waals surface area contributed by atoms with Gasteiger partial charge in [0.05, 0.1) is 16.5 Å². The molecule has 2 unspecified atom stereocenters. The van der Waals surface area contributed by atoms with Crippen molar-refractivity contribution in [3.8, 4) is 0 Å². The molecule has 1 fully saturated rings. The first-order valence-corrected chi connectivity index (χ1v) is 6.24. The van der Waals surface area contributed by atoms with Gasteiger partial charge in [0.1, 0.15) is 4.33 Å². The Morgan fingerprint density at radius 1 is 1.32 bits per heavy atom. The number of halogens is 6. The SMILES string of the molecule is NC(=O)C1C(c2ccc(Cl)c(C(F)(F)F)c2)C1(Cl)Cl. The Morgan fingerprint density at radius 3 is 2.32 bits per heavy atom. The molecule has 1 saturated carbocycles. The second kappa shape index (κ2) is 4.43. The third kappa shape index (κ3) is 2.51. The fourth-order valence-corrected chi connectivity index (χ4v) is 3.12. The van der Waals surface area contributed by atoms with Gasteiger partial charge in [-0.1, -0.05) is 17.7 Å². The standard InChI is InChI=1S/C11H7Cl3F3NO/c12-6-2-1-4(3-5(6)11(15,16)17)7-8(9(18)19)10(7,13)14/h1-3,7-8H,(H2,18,19). The summed E-state index contributed by atoms with van der Waals surface area (Å²) in [5.41, 5.74) is 4.29. The number of hydrogen-bond donors (Lipinski definition) is 1. The summed E-state index contributed by atoms with van der Waals surface area (Å²) in [6, 6.07) is 3.29. The molecule has 1 aromatic rings. The van der Waals surface area contributed by atoms with Gasteiger partial charge >= 0.3 is 6.18 Å². The Kier molecular flexibility index (Phi) is 3.44. The fraction of sp³-hybridized carbons (Fsp3) is 0.364. The largest absolute Gasteiger partial charge is 0.417 e. The average molecular weight is 333 g/mol. The van der Waals surface area contributed by atoms with E-state index in [2.05, 4.69) is 0 Å². The van der Waals surface area contributed by atoms with Crippen molar-refractivity contribution in [1.29, 1.82) is 0 Å². The van der Waals surface area contributed by atoms with Crippen LogP contribution in [0.5, 0.6) is 0 Å². The average Bonchev–Trinajstić information content (AvgIpc) is 2.80. The van der Waals surface area contributed by atoms with Gasteiger partial charge in [-0.15, -0.1) is 23.2 Å². The van der Waals surface area contributed by atoms with Crippen LogP contribution in [0, 0.1) is 5.92 Å². The summed E-state index contributed by atoms with van der Waals surface area (Å²) in [7, 11) is 0. The predicted octanol–water partition coefficient (Wildman–Crippen LogP) is 3.73. The van der Waals surface area contributed by atoms with E-state index >= 15 is 0 Å². The third-order valence-electron chi connectivity index (χ3n) is 3.01. The van der Waals surface area contributed by atoms with Crippen LogP contribution in [-0.4, -0.2) is 10.2 Å². The summed E-state index contributed by atoms with van der Waals surface area (Å²) in [5.74, 6) is -2.41. The van der Waals surface area contributed by atoms with Gasteiger partial charge in [-0.05, 0) is 17.7 Å². The molecular weight excluding hydrogens is 325 g/mol. The zero-order valence-corrected chi connectivity index (χ0v) is 11.4. The summed E-state index contributed by atoms with van der Waals surface area (Å²) >= 11 is 17.2. The maximum Gasteiger partial charge on any atom is 0.417 e. The molecule has 2 rings (SSSR count). The van der Waals surface area contributed by atoms with Gasteiger partial charge in [0, 0.05) is 5.92 Å². The van der Waals surface area contributed by atoms with Crippen molar-refractivity contribution < 1.29 is 18.0 Å². The molecule has 2 nitrogen and oxygen atoms in total. The Balaban J connectivity index is 2.42. The van der Waals surface area contributed by atoms with Crippen LogP contribution in [0.2, 0.25) is 5.02 Å². The van der Waals surface area contributed by atoms with E-state index in [1.165, 1.54) is 6.07 Å². The molecule has 19 heavy (non-hydrogen) atoms. The summed E-state index contributed by atoms with van der Waals surface area (Å²) in [5, 5.41) is -0.428. The van der Waals surface area contributed by atoms with Crippen LogP contribution in [0.15, 0.2) is 18.2 Å². The Bertz CT molecular complexity index is 544. The normalized spacial score (nSPS) is 25.2. The van der Waals surface area contributed by atoms with Crippen molar-refractivity contribution in [2.45, 2.75) is 16.4 Å². The number of hydrogen-bond acceptors (Lipinski definition) is 1. The first kappa shape index (κ1) is 14.8. The molecule has 8 heteroatoms. The molecule has 1 amide bonds. The monoisotopic (exact) mass is 331 g/mol. The quantitative estimate of drug-likeness (QED) is 0.824. The molecule has 104 valence electrons. The van der Waals surface area contributed by atoms with Crippen LogP contribution >= 0.6 is 34.8 Å². The lowest BCUT2D eigenvalue weighted by Crippen LogP contribution is -2.16. The van der Waals surface area contributed by atoms with E-state index < -0.39 is 38.8 Å². The molecule has 0 aliphatic heterocycles. The van der Waals surface area contributed by atoms with E-state index in [-0.39, 0.29) is 5.56 Å². The highest BCUT2D eigenvalue weighted by atomic mass is 35.5. The fourth-order valence-electron chi connectivity index (χ4n) is 2.05. The van der Waals surface area contributed by atoms with E-state index in [0.29, 0.717) is 0 Å². The molecular formula is C11H7Cl3F3NO. The zero-order chi connectivity index (χ0) is 14.6. The van der Waals surface area contributed by atoms with Crippen LogP contribution in [-0.2, 0) is 11.0 Å². The first-order valence-electron chi connectivity index (χ1n) is 5.10. The number of carbonyl (C=O) groups is 1. The van der Waals surface area contributed by atoms with Gasteiger partial charge in [0.2, 0.25) is 5.91 Å². The van der Waals surface area contributed by atoms with E-state index in [9.17, 15) is 18.0 Å². The van der Waals surface area contributed by atoms with Crippen molar-refractivity contribution in [3.05, 3.63) is 34.3 Å². The summed E-state index contributed by atoms with van der Waals surface area (Å²) in [6.07, 6.45) is -4.59. The van der Waals surface area contributed by atoms with Gasteiger partial charge in [-0.25, -0.2) is 0 Å². The summed E-state index contributed by atoms with van der Waals surface area (Å²) in [6.45, 7) is 0. The number of amides is 1. The number of alkyl halides is 5. The lowest BCUT2D eigenvalue weighted by Gasteiger charge is -2.11. The van der Waals surface area contributed by atoms with Crippen molar-refractivity contribution in [1.82, 2.24) is 0 Å². The third-order valence-corrected chi connectivity index (χ3v) is 4.28. The topological polar surface area (TPSA) is 43.1 Å². The van der Waals surface area contributed by atoms with Gasteiger partial charge < -0.3 is 5.73 Å². The van der Waals surface area contributed by atoms with E-state index in [1.807, 2.05) is 0 Å². The van der Waals surface area contributed by atoms with Crippen LogP contribution in [0.25, 0.3) is 0 Å². The highest BCUT2D eigenvalue weighted by Gasteiger charge is 2.67. The van der Waals surface area contributed by atoms with E-state index in [4.69, 9.17) is 40.5 Å². The Hall–Kier alpha value is -0.650. The minimum atomic E-state index is -4.59. The maximum atomic E-state index is 12.7. The lowest BCUT2D eigenvalue weighted by molar-refractivity contribution is -0.137. The van der Waals surface area contributed by atoms with Crippen LogP contribution < -0.4 is 5.73 Å². The second-order valence-corrected chi connectivity index (χ2v) is 6.12. The van der Waals surface area contributed by atoms with Crippen LogP contribution in [0.3, 0.4) is 0 Å². The van der Waals surface area contributed by atoms with Crippen LogP contribution in [0.4, 0.5) is 13.2 Å². The maximum absolute atomic E-state index is 12.7. The molecule has 0 bridgehead atoms. The Labute approximate surface area is 121 Å². The molecule has 0 aromatic heterocycles. The number of rotatable bonds is 2. The second-order valence-electron chi connectivity index (χ2n) is 4.27. The Morgan fingerprint density at radius 2 is 1.89 bits per heavy atom. The molecule has 1 aliphatic rings. The summed E-state index contributed by atoms with van der Waals surface area (Å²) < 4.78 is 36.7. The van der Waals surface area contributed by atoms with Crippen LogP contribution in [0.1, 0.15) is 17.0 Å². The zero-order valence-electron chi connectivity index (χ0n) is 9.14. The van der Waals surface area contributed by atoms with Crippen molar-refractivity contribution >= 4 is 40.7 Å². The lowest BCUT2D eigenvalue weighted by atomic mass is 10.1. The molecule has 0 heterocycles. The molecule has 0 saturated heterocycles. The molecule has 1 aliphatic carbocycles. The molecule has 2 N–H and O–H groups in total. The van der Waals surface area contributed by atoms with E-state index in [1.54, 1.807) is 0 Å². The van der Waals surface area contributed by atoms with Gasteiger partial charge in [-0.2, -0.15) is 13.2 Å². The number of carbonyl (C=O) groups excluding carboxylic acids is 1. The first-order chi connectivity index (χ1) is 8.56. The number of primary amides is 1. The number of benzene rings is 1. The molecule has 1 aromatic carbocycles.